The number of nitrogens with zero attached hydrogens (tertiary/aromatic N) is 2. The molecular weight excluding hydrogens is 292 g/mol. The van der Waals surface area contributed by atoms with Gasteiger partial charge in [-0.2, -0.15) is 5.26 Å². The zero-order valence-corrected chi connectivity index (χ0v) is 12.1. The Kier molecular flexibility index (Phi) is 5.55. The highest BCUT2D eigenvalue weighted by atomic mass is 35.5. The monoisotopic (exact) mass is 306 g/mol. The van der Waals surface area contributed by atoms with E-state index < -0.39 is 5.91 Å². The number of amides is 1. The van der Waals surface area contributed by atoms with E-state index in [4.69, 9.17) is 21.6 Å². The van der Waals surface area contributed by atoms with Crippen molar-refractivity contribution in [3.05, 3.63) is 35.1 Å². The molecule has 0 radical (unpaired) electrons. The zero-order valence-electron chi connectivity index (χ0n) is 11.3. The fourth-order valence-electron chi connectivity index (χ4n) is 1.86. The minimum atomic E-state index is -0.436. The van der Waals surface area contributed by atoms with E-state index in [9.17, 15) is 4.79 Å². The number of aromatic nitrogens is 1. The third-order valence-corrected chi connectivity index (χ3v) is 3.19. The fraction of sp³-hybridized carbons (Fsp3) is 0.357. The molecule has 1 fully saturated rings. The maximum absolute atomic E-state index is 11.9. The second-order valence-electron chi connectivity index (χ2n) is 4.52. The fourth-order valence-corrected chi connectivity index (χ4v) is 1.97. The van der Waals surface area contributed by atoms with Gasteiger partial charge >= 0.3 is 0 Å². The Morgan fingerprint density at radius 3 is 3.10 bits per heavy atom. The standard InChI is InChI=1S/C14H15ClN4O2/c15-11-3-4-13(18-8-11)17-7-10(6-16)14(20)19-9-12-2-1-5-21-12/h3-4,7-8,12H,1-2,5,9H2,(H,17,18)(H,19,20)/b10-7-. The van der Waals surface area contributed by atoms with Crippen molar-refractivity contribution in [2.24, 2.45) is 0 Å². The van der Waals surface area contributed by atoms with Gasteiger partial charge in [-0.05, 0) is 25.0 Å². The van der Waals surface area contributed by atoms with E-state index in [0.717, 1.165) is 19.4 Å². The highest BCUT2D eigenvalue weighted by Gasteiger charge is 2.17. The number of carbonyl (C=O) groups is 1. The van der Waals surface area contributed by atoms with E-state index in [-0.39, 0.29) is 11.7 Å². The summed E-state index contributed by atoms with van der Waals surface area (Å²) < 4.78 is 5.40. The van der Waals surface area contributed by atoms with Crippen molar-refractivity contribution in [2.45, 2.75) is 18.9 Å². The largest absolute Gasteiger partial charge is 0.376 e. The van der Waals surface area contributed by atoms with Gasteiger partial charge < -0.3 is 15.4 Å². The molecule has 7 heteroatoms. The molecule has 1 amide bonds. The van der Waals surface area contributed by atoms with Crippen molar-refractivity contribution in [1.29, 1.82) is 5.26 Å². The van der Waals surface area contributed by atoms with Gasteiger partial charge in [0, 0.05) is 25.5 Å². The summed E-state index contributed by atoms with van der Waals surface area (Å²) in [5, 5.41) is 15.0. The molecule has 1 unspecified atom stereocenters. The van der Waals surface area contributed by atoms with Crippen LogP contribution in [0.4, 0.5) is 5.82 Å². The van der Waals surface area contributed by atoms with Crippen LogP contribution in [0.5, 0.6) is 0 Å². The zero-order chi connectivity index (χ0) is 15.1. The summed E-state index contributed by atoms with van der Waals surface area (Å²) in [5.41, 5.74) is -0.0234. The Labute approximate surface area is 127 Å². The van der Waals surface area contributed by atoms with Crippen molar-refractivity contribution in [3.63, 3.8) is 0 Å². The second-order valence-corrected chi connectivity index (χ2v) is 4.96. The van der Waals surface area contributed by atoms with Gasteiger partial charge in [0.25, 0.3) is 5.91 Å². The number of anilines is 1. The summed E-state index contributed by atoms with van der Waals surface area (Å²) in [6.07, 6.45) is 4.77. The minimum Gasteiger partial charge on any atom is -0.376 e. The number of carbonyl (C=O) groups excluding carboxylic acids is 1. The van der Waals surface area contributed by atoms with Gasteiger partial charge in [-0.1, -0.05) is 11.6 Å². The van der Waals surface area contributed by atoms with Crippen LogP contribution >= 0.6 is 11.6 Å². The number of nitriles is 1. The topological polar surface area (TPSA) is 87.0 Å². The summed E-state index contributed by atoms with van der Waals surface area (Å²) in [6.45, 7) is 1.14. The molecule has 1 aliphatic rings. The van der Waals surface area contributed by atoms with Crippen LogP contribution in [0.1, 0.15) is 12.8 Å². The second kappa shape index (κ2) is 7.62. The van der Waals surface area contributed by atoms with Crippen LogP contribution in [0.2, 0.25) is 5.02 Å². The maximum Gasteiger partial charge on any atom is 0.263 e. The Morgan fingerprint density at radius 2 is 2.48 bits per heavy atom. The van der Waals surface area contributed by atoms with Crippen LogP contribution in [-0.4, -0.2) is 30.1 Å². The molecule has 1 atom stereocenters. The first kappa shape index (κ1) is 15.3. The molecule has 1 aromatic rings. The van der Waals surface area contributed by atoms with Gasteiger partial charge in [0.15, 0.2) is 0 Å². The molecule has 110 valence electrons. The summed E-state index contributed by atoms with van der Waals surface area (Å²) >= 11 is 5.72. The quantitative estimate of drug-likeness (QED) is 0.640. The predicted molar refractivity (Wildman–Crippen MR) is 78.5 cm³/mol. The van der Waals surface area contributed by atoms with Crippen LogP contribution in [0.15, 0.2) is 30.1 Å². The molecule has 1 aliphatic heterocycles. The third kappa shape index (κ3) is 4.74. The maximum atomic E-state index is 11.9. The van der Waals surface area contributed by atoms with Crippen LogP contribution in [0.3, 0.4) is 0 Å². The Morgan fingerprint density at radius 1 is 1.62 bits per heavy atom. The predicted octanol–water partition coefficient (Wildman–Crippen LogP) is 1.85. The number of rotatable bonds is 5. The average molecular weight is 307 g/mol. The molecule has 2 rings (SSSR count). The van der Waals surface area contributed by atoms with Gasteiger partial charge in [0.1, 0.15) is 17.5 Å². The molecule has 1 saturated heterocycles. The number of nitrogens with one attached hydrogen (secondary N) is 2. The lowest BCUT2D eigenvalue weighted by Crippen LogP contribution is -2.32. The van der Waals surface area contributed by atoms with Gasteiger partial charge in [0.2, 0.25) is 0 Å². The van der Waals surface area contributed by atoms with Crippen LogP contribution in [0, 0.1) is 11.3 Å². The molecule has 0 bridgehead atoms. The number of hydrogen-bond donors (Lipinski definition) is 2. The molecule has 0 aliphatic carbocycles. The van der Waals surface area contributed by atoms with Crippen LogP contribution in [-0.2, 0) is 9.53 Å². The van der Waals surface area contributed by atoms with E-state index in [2.05, 4.69) is 15.6 Å². The van der Waals surface area contributed by atoms with Gasteiger partial charge in [0.05, 0.1) is 11.1 Å². The lowest BCUT2D eigenvalue weighted by molar-refractivity contribution is -0.117. The van der Waals surface area contributed by atoms with Gasteiger partial charge in [-0.25, -0.2) is 4.98 Å². The normalized spacial score (nSPS) is 18.1. The van der Waals surface area contributed by atoms with E-state index >= 15 is 0 Å². The number of pyridine rings is 1. The number of hydrogen-bond acceptors (Lipinski definition) is 5. The van der Waals surface area contributed by atoms with Crippen molar-refractivity contribution >= 4 is 23.3 Å². The lowest BCUT2D eigenvalue weighted by Gasteiger charge is -2.10. The first-order chi connectivity index (χ1) is 10.2. The number of halogens is 1. The molecule has 0 saturated carbocycles. The lowest BCUT2D eigenvalue weighted by atomic mass is 10.2. The Balaban J connectivity index is 1.88. The summed E-state index contributed by atoms with van der Waals surface area (Å²) in [7, 11) is 0. The first-order valence-electron chi connectivity index (χ1n) is 6.57. The smallest absolute Gasteiger partial charge is 0.263 e. The minimum absolute atomic E-state index is 0.0234. The summed E-state index contributed by atoms with van der Waals surface area (Å²) in [6, 6.07) is 5.16. The molecule has 0 aromatic carbocycles. The van der Waals surface area contributed by atoms with Crippen molar-refractivity contribution < 1.29 is 9.53 Å². The van der Waals surface area contributed by atoms with Crippen LogP contribution in [0.25, 0.3) is 0 Å². The third-order valence-electron chi connectivity index (χ3n) is 2.97. The Bertz CT molecular complexity index is 559. The Hall–Kier alpha value is -2.10. The van der Waals surface area contributed by atoms with E-state index in [0.29, 0.717) is 17.4 Å². The highest BCUT2D eigenvalue weighted by molar-refractivity contribution is 6.30. The molecule has 2 heterocycles. The number of ether oxygens (including phenoxy) is 1. The van der Waals surface area contributed by atoms with Gasteiger partial charge in [-0.15, -0.1) is 0 Å². The summed E-state index contributed by atoms with van der Waals surface area (Å²) in [5.74, 6) is 0.0635. The average Bonchev–Trinajstić information content (AvgIpc) is 3.01. The van der Waals surface area contributed by atoms with Crippen molar-refractivity contribution in [3.8, 4) is 6.07 Å². The van der Waals surface area contributed by atoms with E-state index in [1.54, 1.807) is 12.1 Å². The molecule has 1 aromatic heterocycles. The van der Waals surface area contributed by atoms with E-state index in [1.807, 2.05) is 6.07 Å². The molecule has 21 heavy (non-hydrogen) atoms. The van der Waals surface area contributed by atoms with E-state index in [1.165, 1.54) is 12.4 Å². The highest BCUT2D eigenvalue weighted by Crippen LogP contribution is 2.11. The molecule has 0 spiro atoms. The van der Waals surface area contributed by atoms with Gasteiger partial charge in [-0.3, -0.25) is 4.79 Å². The molecule has 2 N–H and O–H groups in total. The first-order valence-corrected chi connectivity index (χ1v) is 6.95. The SMILES string of the molecule is N#C/C(=C/Nc1ccc(Cl)cn1)C(=O)NCC1CCCO1. The van der Waals surface area contributed by atoms with Crippen molar-refractivity contribution in [2.75, 3.05) is 18.5 Å². The molecule has 6 nitrogen and oxygen atoms in total. The van der Waals surface area contributed by atoms with Crippen molar-refractivity contribution in [1.82, 2.24) is 10.3 Å². The molecular formula is C14H15ClN4O2. The van der Waals surface area contributed by atoms with Crippen LogP contribution < -0.4 is 10.6 Å². The summed E-state index contributed by atoms with van der Waals surface area (Å²) in [4.78, 5) is 15.9.